The summed E-state index contributed by atoms with van der Waals surface area (Å²) in [4.78, 5) is 4.93. The van der Waals surface area contributed by atoms with E-state index in [1.54, 1.807) is 0 Å². The number of rotatable bonds is 10. The standard InChI is InChI=1S/C43H42N4/c1-42(2)39-28-40(36(33-17-9-5-10-18-33)27-37(39)38-21-13-14-26-43(38,42)3)46-35-24-22-32(23-25-35)29-44-41(34-19-11-6-12-20-34)47-45-30-31-15-7-4-8-16-31/h4-29,38,41,45-47H,30H2,1-3H3. The van der Waals surface area contributed by atoms with Crippen molar-refractivity contribution in [2.24, 2.45) is 10.4 Å². The minimum atomic E-state index is -0.226. The highest BCUT2D eigenvalue weighted by Crippen LogP contribution is 2.62. The summed E-state index contributed by atoms with van der Waals surface area (Å²) in [6.07, 6.45) is 10.9. The molecule has 234 valence electrons. The van der Waals surface area contributed by atoms with E-state index >= 15 is 0 Å². The van der Waals surface area contributed by atoms with Gasteiger partial charge in [0.05, 0.1) is 0 Å². The highest BCUT2D eigenvalue weighted by Gasteiger charge is 2.53. The summed E-state index contributed by atoms with van der Waals surface area (Å²) in [5.41, 5.74) is 17.5. The number of fused-ring (bicyclic) bond motifs is 3. The van der Waals surface area contributed by atoms with E-state index in [9.17, 15) is 0 Å². The molecule has 0 bridgehead atoms. The second kappa shape index (κ2) is 13.0. The second-order valence-corrected chi connectivity index (χ2v) is 13.3. The van der Waals surface area contributed by atoms with Gasteiger partial charge in [-0.15, -0.1) is 0 Å². The highest BCUT2D eigenvalue weighted by atomic mass is 15.4. The van der Waals surface area contributed by atoms with Crippen LogP contribution in [0.4, 0.5) is 11.4 Å². The monoisotopic (exact) mass is 614 g/mol. The molecule has 47 heavy (non-hydrogen) atoms. The molecule has 0 spiro atoms. The summed E-state index contributed by atoms with van der Waals surface area (Å²) in [6, 6.07) is 44.7. The van der Waals surface area contributed by atoms with Crippen LogP contribution >= 0.6 is 0 Å². The molecule has 3 atom stereocenters. The quantitative estimate of drug-likeness (QED) is 0.108. The van der Waals surface area contributed by atoms with Crippen LogP contribution in [-0.4, -0.2) is 6.21 Å². The molecule has 2 aliphatic rings. The zero-order valence-electron chi connectivity index (χ0n) is 27.3. The van der Waals surface area contributed by atoms with Gasteiger partial charge in [-0.05, 0) is 63.1 Å². The lowest BCUT2D eigenvalue weighted by Crippen LogP contribution is -2.36. The smallest absolute Gasteiger partial charge is 0.137 e. The summed E-state index contributed by atoms with van der Waals surface area (Å²) >= 11 is 0. The average Bonchev–Trinajstić information content (AvgIpc) is 3.28. The first-order chi connectivity index (χ1) is 22.9. The Balaban J connectivity index is 1.14. The van der Waals surface area contributed by atoms with E-state index < -0.39 is 0 Å². The molecule has 0 aromatic heterocycles. The number of hydrogen-bond acceptors (Lipinski definition) is 4. The maximum absolute atomic E-state index is 4.93. The molecule has 5 aromatic carbocycles. The summed E-state index contributed by atoms with van der Waals surface area (Å²) < 4.78 is 0. The third kappa shape index (κ3) is 6.10. The maximum Gasteiger partial charge on any atom is 0.137 e. The van der Waals surface area contributed by atoms with E-state index in [0.29, 0.717) is 12.5 Å². The number of benzene rings is 5. The lowest BCUT2D eigenvalue weighted by atomic mass is 9.62. The Labute approximate surface area is 279 Å². The van der Waals surface area contributed by atoms with E-state index in [-0.39, 0.29) is 17.0 Å². The molecule has 0 saturated carbocycles. The fourth-order valence-corrected chi connectivity index (χ4v) is 7.08. The number of hydrazine groups is 1. The van der Waals surface area contributed by atoms with E-state index in [4.69, 9.17) is 4.99 Å². The van der Waals surface area contributed by atoms with Crippen LogP contribution in [0.15, 0.2) is 157 Å². The number of aliphatic imine (C=N–C) groups is 1. The van der Waals surface area contributed by atoms with Gasteiger partial charge < -0.3 is 5.32 Å². The predicted octanol–water partition coefficient (Wildman–Crippen LogP) is 10.0. The second-order valence-electron chi connectivity index (χ2n) is 13.3. The molecule has 7 rings (SSSR count). The molecule has 0 aliphatic heterocycles. The largest absolute Gasteiger partial charge is 0.355 e. The van der Waals surface area contributed by atoms with Crippen LogP contribution in [0.5, 0.6) is 0 Å². The van der Waals surface area contributed by atoms with Crippen LogP contribution in [0.25, 0.3) is 11.1 Å². The lowest BCUT2D eigenvalue weighted by molar-refractivity contribution is 0.245. The normalized spacial score (nSPS) is 19.8. The van der Waals surface area contributed by atoms with Gasteiger partial charge in [0.15, 0.2) is 0 Å². The molecule has 3 N–H and O–H groups in total. The Hall–Kier alpha value is -5.03. The number of nitrogens with one attached hydrogen (secondary N) is 3. The minimum Gasteiger partial charge on any atom is -0.355 e. The Morgan fingerprint density at radius 1 is 0.766 bits per heavy atom. The molecule has 0 amide bonds. The van der Waals surface area contributed by atoms with Crippen LogP contribution < -0.4 is 16.2 Å². The molecule has 0 saturated heterocycles. The van der Waals surface area contributed by atoms with Crippen molar-refractivity contribution in [1.82, 2.24) is 10.9 Å². The molecular formula is C43H42N4. The molecule has 0 heterocycles. The van der Waals surface area contributed by atoms with Crippen molar-refractivity contribution in [2.45, 2.75) is 44.8 Å². The van der Waals surface area contributed by atoms with E-state index in [1.165, 1.54) is 27.8 Å². The summed E-state index contributed by atoms with van der Waals surface area (Å²) in [7, 11) is 0. The zero-order valence-corrected chi connectivity index (χ0v) is 27.3. The first-order valence-electron chi connectivity index (χ1n) is 16.5. The Morgan fingerprint density at radius 2 is 1.45 bits per heavy atom. The lowest BCUT2D eigenvalue weighted by Gasteiger charge is -2.41. The molecule has 4 heteroatoms. The van der Waals surface area contributed by atoms with Gasteiger partial charge in [-0.3, -0.25) is 10.4 Å². The van der Waals surface area contributed by atoms with Crippen molar-refractivity contribution in [2.75, 3.05) is 5.32 Å². The average molecular weight is 615 g/mol. The van der Waals surface area contributed by atoms with Gasteiger partial charge in [0.1, 0.15) is 6.17 Å². The number of hydrogen-bond donors (Lipinski definition) is 3. The van der Waals surface area contributed by atoms with E-state index in [2.05, 4.69) is 164 Å². The third-order valence-corrected chi connectivity index (χ3v) is 10.2. The van der Waals surface area contributed by atoms with Gasteiger partial charge in [-0.2, -0.15) is 0 Å². The van der Waals surface area contributed by atoms with Crippen molar-refractivity contribution in [1.29, 1.82) is 0 Å². The maximum atomic E-state index is 4.93. The summed E-state index contributed by atoms with van der Waals surface area (Å²) in [5.74, 6) is 0.357. The number of nitrogens with zero attached hydrogens (tertiary/aromatic N) is 1. The highest BCUT2D eigenvalue weighted by molar-refractivity contribution is 5.85. The topological polar surface area (TPSA) is 48.5 Å². The van der Waals surface area contributed by atoms with Crippen LogP contribution in [0.1, 0.15) is 60.7 Å². The molecule has 2 aliphatic carbocycles. The Bertz CT molecular complexity index is 1910. The molecule has 0 radical (unpaired) electrons. The van der Waals surface area contributed by atoms with Crippen molar-refractivity contribution in [3.63, 3.8) is 0 Å². The van der Waals surface area contributed by atoms with Crippen LogP contribution in [-0.2, 0) is 12.0 Å². The van der Waals surface area contributed by atoms with Crippen molar-refractivity contribution in [3.8, 4) is 11.1 Å². The van der Waals surface area contributed by atoms with Crippen molar-refractivity contribution in [3.05, 3.63) is 180 Å². The molecule has 5 aromatic rings. The predicted molar refractivity (Wildman–Crippen MR) is 197 cm³/mol. The van der Waals surface area contributed by atoms with Gasteiger partial charge in [0, 0.05) is 41.0 Å². The van der Waals surface area contributed by atoms with Gasteiger partial charge in [-0.25, -0.2) is 5.43 Å². The van der Waals surface area contributed by atoms with Crippen LogP contribution in [0.2, 0.25) is 0 Å². The summed E-state index contributed by atoms with van der Waals surface area (Å²) in [6.45, 7) is 7.90. The van der Waals surface area contributed by atoms with Gasteiger partial charge >= 0.3 is 0 Å². The first kappa shape index (κ1) is 30.6. The fraction of sp³-hybridized carbons (Fsp3) is 0.186. The van der Waals surface area contributed by atoms with E-state index in [1.807, 2.05) is 30.5 Å². The summed E-state index contributed by atoms with van der Waals surface area (Å²) in [5, 5.41) is 3.79. The molecular weight excluding hydrogens is 573 g/mol. The van der Waals surface area contributed by atoms with E-state index in [0.717, 1.165) is 22.5 Å². The van der Waals surface area contributed by atoms with Crippen LogP contribution in [0, 0.1) is 5.41 Å². The number of anilines is 2. The molecule has 4 nitrogen and oxygen atoms in total. The van der Waals surface area contributed by atoms with Crippen LogP contribution in [0.3, 0.4) is 0 Å². The Kier molecular flexibility index (Phi) is 8.46. The fourth-order valence-electron chi connectivity index (χ4n) is 7.08. The molecule has 3 unspecified atom stereocenters. The van der Waals surface area contributed by atoms with Crippen molar-refractivity contribution >= 4 is 17.6 Å². The van der Waals surface area contributed by atoms with Gasteiger partial charge in [0.2, 0.25) is 0 Å². The third-order valence-electron chi connectivity index (χ3n) is 10.2. The minimum absolute atomic E-state index is 0.0144. The zero-order chi connectivity index (χ0) is 32.3. The van der Waals surface area contributed by atoms with Gasteiger partial charge in [0.25, 0.3) is 0 Å². The SMILES string of the molecule is CC1(C)c2cc(Nc3ccc(C=NC(NNCc4ccccc4)c4ccccc4)cc3)c(-c3ccccc3)cc2C2C=CC=CC21C. The Morgan fingerprint density at radius 3 is 2.17 bits per heavy atom. The van der Waals surface area contributed by atoms with Gasteiger partial charge in [-0.1, -0.05) is 148 Å². The van der Waals surface area contributed by atoms with Crippen molar-refractivity contribution < 1.29 is 0 Å². The molecule has 0 fully saturated rings. The first-order valence-corrected chi connectivity index (χ1v) is 16.5. The number of allylic oxidation sites excluding steroid dienone is 4.